The van der Waals surface area contributed by atoms with E-state index in [1.165, 1.54) is 6.42 Å². The van der Waals surface area contributed by atoms with Crippen LogP contribution in [0.1, 0.15) is 40.0 Å². The Hall–Kier alpha value is 0. The summed E-state index contributed by atoms with van der Waals surface area (Å²) in [6.45, 7) is 7.27. The molecule has 0 aromatic carbocycles. The van der Waals surface area contributed by atoms with Crippen LogP contribution in [-0.4, -0.2) is 0 Å². The molecule has 0 radical (unpaired) electrons. The normalized spacial score (nSPS) is 49.1. The number of rotatable bonds is 1. The van der Waals surface area contributed by atoms with Crippen molar-refractivity contribution < 1.29 is 0 Å². The van der Waals surface area contributed by atoms with E-state index in [9.17, 15) is 0 Å². The highest BCUT2D eigenvalue weighted by Crippen LogP contribution is 2.53. The Balaban J connectivity index is 2.01. The largest absolute Gasteiger partial charge is 0.0625 e. The molecule has 2 atom stereocenters. The summed E-state index contributed by atoms with van der Waals surface area (Å²) >= 11 is 0. The smallest absolute Gasteiger partial charge is 0.0360 e. The molecule has 3 saturated carbocycles. The lowest BCUT2D eigenvalue weighted by atomic mass is 9.54. The van der Waals surface area contributed by atoms with Crippen LogP contribution >= 0.6 is 0 Å². The zero-order valence-corrected chi connectivity index (χ0v) is 8.01. The van der Waals surface area contributed by atoms with E-state index in [1.54, 1.807) is 12.8 Å². The summed E-state index contributed by atoms with van der Waals surface area (Å²) in [5.74, 6) is 5.24. The average molecular weight is 152 g/mol. The van der Waals surface area contributed by atoms with Crippen molar-refractivity contribution in [3.63, 3.8) is 0 Å². The van der Waals surface area contributed by atoms with Crippen LogP contribution in [0.25, 0.3) is 0 Å². The summed E-state index contributed by atoms with van der Waals surface area (Å²) in [5.41, 5.74) is 0. The molecule has 0 heterocycles. The van der Waals surface area contributed by atoms with Gasteiger partial charge in [0.15, 0.2) is 0 Å². The third-order valence-corrected chi connectivity index (χ3v) is 4.15. The third kappa shape index (κ3) is 1.11. The Bertz CT molecular complexity index is 142. The zero-order chi connectivity index (χ0) is 8.01. The maximum atomic E-state index is 2.48. The van der Waals surface area contributed by atoms with Crippen LogP contribution in [0.3, 0.4) is 0 Å². The van der Waals surface area contributed by atoms with Gasteiger partial charge in [0.25, 0.3) is 0 Å². The van der Waals surface area contributed by atoms with Crippen LogP contribution in [0, 0.1) is 29.6 Å². The van der Waals surface area contributed by atoms with Gasteiger partial charge in [0.05, 0.1) is 0 Å². The predicted molar refractivity (Wildman–Crippen MR) is 48.3 cm³/mol. The third-order valence-electron chi connectivity index (χ3n) is 4.15. The first kappa shape index (κ1) is 7.64. The lowest BCUT2D eigenvalue weighted by Crippen LogP contribution is -2.42. The fourth-order valence-corrected chi connectivity index (χ4v) is 3.24. The fourth-order valence-electron chi connectivity index (χ4n) is 3.24. The highest BCUT2D eigenvalue weighted by Gasteiger charge is 2.43. The van der Waals surface area contributed by atoms with Crippen molar-refractivity contribution in [3.8, 4) is 0 Å². The van der Waals surface area contributed by atoms with Crippen molar-refractivity contribution in [3.05, 3.63) is 0 Å². The van der Waals surface area contributed by atoms with E-state index in [0.29, 0.717) is 0 Å². The van der Waals surface area contributed by atoms with Crippen LogP contribution in [-0.2, 0) is 0 Å². The van der Waals surface area contributed by atoms with Gasteiger partial charge in [0.2, 0.25) is 0 Å². The Morgan fingerprint density at radius 1 is 1.09 bits per heavy atom. The molecule has 3 rings (SSSR count). The highest BCUT2D eigenvalue weighted by molar-refractivity contribution is 4.93. The van der Waals surface area contributed by atoms with E-state index < -0.39 is 0 Å². The maximum absolute atomic E-state index is 2.48. The Morgan fingerprint density at radius 3 is 2.09 bits per heavy atom. The van der Waals surface area contributed by atoms with E-state index in [-0.39, 0.29) is 0 Å². The van der Waals surface area contributed by atoms with Gasteiger partial charge in [-0.05, 0) is 48.9 Å². The second-order valence-electron chi connectivity index (χ2n) is 5.10. The van der Waals surface area contributed by atoms with Crippen LogP contribution in [0.2, 0.25) is 0 Å². The SMILES string of the molecule is CC(C)C1CC2CC(C2)C1C. The van der Waals surface area contributed by atoms with Crippen LogP contribution in [0.15, 0.2) is 0 Å². The van der Waals surface area contributed by atoms with Crippen LogP contribution < -0.4 is 0 Å². The van der Waals surface area contributed by atoms with Gasteiger partial charge in [-0.3, -0.25) is 0 Å². The molecule has 0 amide bonds. The van der Waals surface area contributed by atoms with Crippen LogP contribution in [0.4, 0.5) is 0 Å². The second kappa shape index (κ2) is 2.50. The molecule has 3 aliphatic rings. The minimum Gasteiger partial charge on any atom is -0.0625 e. The summed E-state index contributed by atoms with van der Waals surface area (Å²) in [7, 11) is 0. The average Bonchev–Trinajstić information content (AvgIpc) is 1.84. The number of hydrogen-bond acceptors (Lipinski definition) is 0. The molecule has 0 heteroatoms. The highest BCUT2D eigenvalue weighted by atomic mass is 14.5. The molecule has 3 aliphatic carbocycles. The molecule has 0 N–H and O–H groups in total. The molecule has 0 saturated heterocycles. The number of hydrogen-bond donors (Lipinski definition) is 0. The van der Waals surface area contributed by atoms with E-state index >= 15 is 0 Å². The first-order valence-corrected chi connectivity index (χ1v) is 5.18. The Morgan fingerprint density at radius 2 is 1.73 bits per heavy atom. The van der Waals surface area contributed by atoms with Gasteiger partial charge in [0, 0.05) is 0 Å². The van der Waals surface area contributed by atoms with Gasteiger partial charge in [-0.1, -0.05) is 20.8 Å². The molecule has 0 aliphatic heterocycles. The van der Waals surface area contributed by atoms with Gasteiger partial charge in [-0.2, -0.15) is 0 Å². The standard InChI is InChI=1S/C11H20/c1-7(2)11-6-9-4-10(5-9)8(11)3/h7-11H,4-6H2,1-3H3. The summed E-state index contributed by atoms with van der Waals surface area (Å²) in [5, 5.41) is 0. The van der Waals surface area contributed by atoms with Crippen molar-refractivity contribution in [2.75, 3.05) is 0 Å². The molecule has 0 aromatic rings. The molecular weight excluding hydrogens is 132 g/mol. The van der Waals surface area contributed by atoms with Crippen molar-refractivity contribution in [2.45, 2.75) is 40.0 Å². The second-order valence-corrected chi connectivity index (χ2v) is 5.10. The van der Waals surface area contributed by atoms with Gasteiger partial charge in [-0.15, -0.1) is 0 Å². The lowest BCUT2D eigenvalue weighted by molar-refractivity contribution is -0.0119. The van der Waals surface area contributed by atoms with Gasteiger partial charge in [0.1, 0.15) is 0 Å². The summed E-state index contributed by atoms with van der Waals surface area (Å²) in [6, 6.07) is 0. The summed E-state index contributed by atoms with van der Waals surface area (Å²) in [6.07, 6.45) is 4.66. The molecule has 2 bridgehead atoms. The van der Waals surface area contributed by atoms with E-state index in [1.807, 2.05) is 0 Å². The monoisotopic (exact) mass is 152 g/mol. The van der Waals surface area contributed by atoms with Crippen LogP contribution in [0.5, 0.6) is 0 Å². The first-order chi connectivity index (χ1) is 5.18. The molecule has 0 aromatic heterocycles. The fraction of sp³-hybridized carbons (Fsp3) is 1.00. The molecule has 64 valence electrons. The Kier molecular flexibility index (Phi) is 1.74. The van der Waals surface area contributed by atoms with Crippen molar-refractivity contribution in [1.82, 2.24) is 0 Å². The Labute approximate surface area is 70.4 Å². The predicted octanol–water partition coefficient (Wildman–Crippen LogP) is 3.32. The molecule has 0 spiro atoms. The minimum absolute atomic E-state index is 0.926. The first-order valence-electron chi connectivity index (χ1n) is 5.18. The van der Waals surface area contributed by atoms with Gasteiger partial charge in [-0.25, -0.2) is 0 Å². The molecule has 0 nitrogen and oxygen atoms in total. The van der Waals surface area contributed by atoms with Gasteiger partial charge < -0.3 is 0 Å². The topological polar surface area (TPSA) is 0 Å². The number of fused-ring (bicyclic) bond motifs is 2. The van der Waals surface area contributed by atoms with E-state index in [0.717, 1.165) is 29.6 Å². The van der Waals surface area contributed by atoms with Crippen molar-refractivity contribution in [2.24, 2.45) is 29.6 Å². The minimum atomic E-state index is 0.926. The van der Waals surface area contributed by atoms with Crippen molar-refractivity contribution in [1.29, 1.82) is 0 Å². The van der Waals surface area contributed by atoms with Crippen molar-refractivity contribution >= 4 is 0 Å². The van der Waals surface area contributed by atoms with E-state index in [2.05, 4.69) is 20.8 Å². The molecular formula is C11H20. The summed E-state index contributed by atoms with van der Waals surface area (Å²) < 4.78 is 0. The maximum Gasteiger partial charge on any atom is -0.0360 e. The molecule has 3 fully saturated rings. The van der Waals surface area contributed by atoms with E-state index in [4.69, 9.17) is 0 Å². The zero-order valence-electron chi connectivity index (χ0n) is 8.01. The lowest BCUT2D eigenvalue weighted by Gasteiger charge is -2.51. The molecule has 2 unspecified atom stereocenters. The quantitative estimate of drug-likeness (QED) is 0.540. The summed E-state index contributed by atoms with van der Waals surface area (Å²) in [4.78, 5) is 0. The molecule has 11 heavy (non-hydrogen) atoms. The van der Waals surface area contributed by atoms with Gasteiger partial charge >= 0.3 is 0 Å².